The Bertz CT molecular complexity index is 810. The first kappa shape index (κ1) is 16.9. The van der Waals surface area contributed by atoms with Crippen LogP contribution in [0.5, 0.6) is 0 Å². The van der Waals surface area contributed by atoms with E-state index in [0.717, 1.165) is 17.6 Å². The zero-order chi connectivity index (χ0) is 19.1. The molecule has 3 aliphatic heterocycles. The topological polar surface area (TPSA) is 118 Å². The van der Waals surface area contributed by atoms with Crippen molar-refractivity contribution in [3.63, 3.8) is 0 Å². The lowest BCUT2D eigenvalue weighted by Crippen LogP contribution is -2.77. The third-order valence-corrected chi connectivity index (χ3v) is 9.00. The lowest BCUT2D eigenvalue weighted by atomic mass is 9.45. The molecule has 27 heavy (non-hydrogen) atoms. The Balaban J connectivity index is 1.50. The van der Waals surface area contributed by atoms with Crippen LogP contribution in [0.1, 0.15) is 40.0 Å². The summed E-state index contributed by atoms with van der Waals surface area (Å²) in [4.78, 5) is 12.1. The number of esters is 1. The first-order chi connectivity index (χ1) is 12.7. The summed E-state index contributed by atoms with van der Waals surface area (Å²) in [6, 6.07) is -0.685. The monoisotopic (exact) mass is 377 g/mol. The van der Waals surface area contributed by atoms with Gasteiger partial charge in [0, 0.05) is 11.0 Å². The van der Waals surface area contributed by atoms with Gasteiger partial charge in [-0.15, -0.1) is 0 Å². The van der Waals surface area contributed by atoms with Gasteiger partial charge in [0.2, 0.25) is 0 Å². The standard InChI is InChI=1S/C20H27NO6/c1-8(2)18(24)13(21)14-20(27-14)17(3)5-4-9-10(7-25-15(9)22)11(17)6-12-19(20,26-12)16(18)23/h8,11-14,16,23-24H,4-7,21H2,1-3H3/t11-,12-,13+,14-,16+,17-,18-,19+,20+/m0/s1. The lowest BCUT2D eigenvalue weighted by molar-refractivity contribution is -0.187. The van der Waals surface area contributed by atoms with Crippen LogP contribution in [0.4, 0.5) is 0 Å². The molecule has 2 saturated heterocycles. The van der Waals surface area contributed by atoms with Gasteiger partial charge in [0.25, 0.3) is 0 Å². The summed E-state index contributed by atoms with van der Waals surface area (Å²) in [5.41, 5.74) is 5.02. The average molecular weight is 377 g/mol. The van der Waals surface area contributed by atoms with Crippen LogP contribution < -0.4 is 5.73 Å². The van der Waals surface area contributed by atoms with E-state index in [-0.39, 0.29) is 35.4 Å². The van der Waals surface area contributed by atoms with E-state index in [1.807, 2.05) is 13.8 Å². The molecular formula is C20H27NO6. The molecule has 3 heterocycles. The van der Waals surface area contributed by atoms with Crippen molar-refractivity contribution < 1.29 is 29.2 Å². The van der Waals surface area contributed by atoms with Crippen LogP contribution in [0.25, 0.3) is 0 Å². The van der Waals surface area contributed by atoms with Crippen LogP contribution in [0, 0.1) is 17.3 Å². The minimum absolute atomic E-state index is 0.114. The quantitative estimate of drug-likeness (QED) is 0.436. The number of aliphatic hydroxyl groups excluding tert-OH is 1. The highest BCUT2D eigenvalue weighted by atomic mass is 16.7. The molecule has 9 atom stereocenters. The molecule has 0 unspecified atom stereocenters. The number of aliphatic hydroxyl groups is 2. The number of ether oxygens (including phenoxy) is 3. The second-order valence-electron chi connectivity index (χ2n) is 9.93. The van der Waals surface area contributed by atoms with Crippen molar-refractivity contribution in [1.29, 1.82) is 0 Å². The van der Waals surface area contributed by atoms with Crippen molar-refractivity contribution in [3.05, 3.63) is 11.1 Å². The predicted octanol–water partition coefficient (Wildman–Crippen LogP) is 0.0239. The number of rotatable bonds is 1. The number of carbonyl (C=O) groups is 1. The van der Waals surface area contributed by atoms with Crippen LogP contribution in [0.15, 0.2) is 11.1 Å². The second kappa shape index (κ2) is 4.44. The van der Waals surface area contributed by atoms with E-state index in [1.54, 1.807) is 0 Å². The molecule has 7 nitrogen and oxygen atoms in total. The fourth-order valence-electron chi connectivity index (χ4n) is 7.40. The van der Waals surface area contributed by atoms with E-state index in [0.29, 0.717) is 19.4 Å². The van der Waals surface area contributed by atoms with Gasteiger partial charge in [0.05, 0.1) is 12.1 Å². The molecule has 2 spiro atoms. The SMILES string of the molecule is CC(C)[C@]1(O)[C@H](N)[C@@H]2O[C@]23[C@]2(O[C@H]2C[C@H]2C4=C(CC[C@@]23C)C(=O)OC4)[C@@H]1O. The van der Waals surface area contributed by atoms with Gasteiger partial charge in [0.15, 0.2) is 5.60 Å². The van der Waals surface area contributed by atoms with Gasteiger partial charge in [-0.1, -0.05) is 20.8 Å². The Morgan fingerprint density at radius 1 is 1.30 bits per heavy atom. The number of carbonyl (C=O) groups excluding carboxylic acids is 1. The third-order valence-electron chi connectivity index (χ3n) is 9.00. The summed E-state index contributed by atoms with van der Waals surface area (Å²) in [7, 11) is 0. The van der Waals surface area contributed by atoms with Crippen LogP contribution in [-0.2, 0) is 19.0 Å². The average Bonchev–Trinajstić information content (AvgIpc) is 3.50. The zero-order valence-corrected chi connectivity index (χ0v) is 15.9. The number of epoxide rings is 2. The van der Waals surface area contributed by atoms with Gasteiger partial charge < -0.3 is 30.2 Å². The first-order valence-electron chi connectivity index (χ1n) is 10.1. The summed E-state index contributed by atoms with van der Waals surface area (Å²) in [5.74, 6) is -0.306. The number of fused-ring (bicyclic) bond motifs is 2. The number of hydrogen-bond donors (Lipinski definition) is 3. The predicted molar refractivity (Wildman–Crippen MR) is 92.4 cm³/mol. The molecule has 7 heteroatoms. The second-order valence-corrected chi connectivity index (χ2v) is 9.93. The van der Waals surface area contributed by atoms with Crippen molar-refractivity contribution in [2.75, 3.05) is 6.61 Å². The smallest absolute Gasteiger partial charge is 0.334 e. The van der Waals surface area contributed by atoms with Gasteiger partial charge in [-0.3, -0.25) is 0 Å². The minimum Gasteiger partial charge on any atom is -0.458 e. The summed E-state index contributed by atoms with van der Waals surface area (Å²) in [6.07, 6.45) is 0.476. The molecule has 4 fully saturated rings. The van der Waals surface area contributed by atoms with Crippen LogP contribution in [0.2, 0.25) is 0 Å². The van der Waals surface area contributed by atoms with Crippen molar-refractivity contribution in [2.24, 2.45) is 23.0 Å². The highest BCUT2D eigenvalue weighted by Gasteiger charge is 2.96. The Kier molecular flexibility index (Phi) is 2.78. The zero-order valence-electron chi connectivity index (χ0n) is 15.9. The molecule has 0 aromatic rings. The van der Waals surface area contributed by atoms with Crippen molar-refractivity contribution >= 4 is 5.97 Å². The van der Waals surface area contributed by atoms with Gasteiger partial charge in [-0.2, -0.15) is 0 Å². The maximum absolute atomic E-state index is 12.1. The van der Waals surface area contributed by atoms with Gasteiger partial charge in [-0.25, -0.2) is 4.79 Å². The maximum Gasteiger partial charge on any atom is 0.334 e. The molecular weight excluding hydrogens is 350 g/mol. The summed E-state index contributed by atoms with van der Waals surface area (Å²) < 4.78 is 17.9. The Hall–Kier alpha value is -0.990. The number of nitrogens with two attached hydrogens (primary N) is 1. The Morgan fingerprint density at radius 3 is 2.74 bits per heavy atom. The third kappa shape index (κ3) is 1.44. The van der Waals surface area contributed by atoms with E-state index < -0.39 is 28.9 Å². The molecule has 0 aromatic heterocycles. The van der Waals surface area contributed by atoms with Crippen LogP contribution in [0.3, 0.4) is 0 Å². The highest BCUT2D eigenvalue weighted by Crippen LogP contribution is 2.79. The van der Waals surface area contributed by atoms with Gasteiger partial charge in [-0.05, 0) is 36.7 Å². The van der Waals surface area contributed by atoms with E-state index in [9.17, 15) is 15.0 Å². The summed E-state index contributed by atoms with van der Waals surface area (Å²) in [6.45, 7) is 6.28. The summed E-state index contributed by atoms with van der Waals surface area (Å²) >= 11 is 0. The highest BCUT2D eigenvalue weighted by molar-refractivity contribution is 5.92. The maximum atomic E-state index is 12.1. The van der Waals surface area contributed by atoms with E-state index in [2.05, 4.69) is 6.92 Å². The summed E-state index contributed by atoms with van der Waals surface area (Å²) in [5, 5.41) is 22.7. The molecule has 2 saturated carbocycles. The largest absolute Gasteiger partial charge is 0.458 e. The van der Waals surface area contributed by atoms with E-state index >= 15 is 0 Å². The van der Waals surface area contributed by atoms with Crippen molar-refractivity contribution in [1.82, 2.24) is 0 Å². The van der Waals surface area contributed by atoms with Crippen LogP contribution >= 0.6 is 0 Å². The molecule has 0 amide bonds. The Morgan fingerprint density at radius 2 is 2.04 bits per heavy atom. The van der Waals surface area contributed by atoms with Gasteiger partial charge in [0.1, 0.15) is 30.0 Å². The molecule has 6 rings (SSSR count). The molecule has 0 aromatic carbocycles. The van der Waals surface area contributed by atoms with Crippen LogP contribution in [-0.4, -0.2) is 63.9 Å². The van der Waals surface area contributed by atoms with E-state index in [4.69, 9.17) is 19.9 Å². The molecule has 6 aliphatic rings. The molecule has 4 N–H and O–H groups in total. The molecule has 0 bridgehead atoms. The van der Waals surface area contributed by atoms with E-state index in [1.165, 1.54) is 0 Å². The number of hydrogen-bond acceptors (Lipinski definition) is 7. The lowest BCUT2D eigenvalue weighted by Gasteiger charge is -2.57. The van der Waals surface area contributed by atoms with Crippen molar-refractivity contribution in [2.45, 2.75) is 81.2 Å². The minimum atomic E-state index is -1.45. The fraction of sp³-hybridized carbons (Fsp3) is 0.850. The fourth-order valence-corrected chi connectivity index (χ4v) is 7.40. The normalized spacial score (nSPS) is 60.1. The van der Waals surface area contributed by atoms with Crippen molar-refractivity contribution in [3.8, 4) is 0 Å². The first-order valence-corrected chi connectivity index (χ1v) is 10.1. The number of cyclic esters (lactones) is 1. The van der Waals surface area contributed by atoms with Gasteiger partial charge >= 0.3 is 5.97 Å². The molecule has 148 valence electrons. The molecule has 0 radical (unpaired) electrons. The molecule has 3 aliphatic carbocycles. The Labute approximate surface area is 157 Å².